The van der Waals surface area contributed by atoms with E-state index in [-0.39, 0.29) is 12.3 Å². The molecule has 0 atom stereocenters. The number of aliphatic imine (C=N–C) groups is 1. The number of nitrogens with zero attached hydrogens (tertiary/aromatic N) is 1. The molecule has 6 nitrogen and oxygen atoms in total. The third-order valence-electron chi connectivity index (χ3n) is 1.79. The molecule has 1 saturated carbocycles. The molecule has 0 spiro atoms. The third-order valence-corrected chi connectivity index (χ3v) is 2.71. The minimum atomic E-state index is -2.94. The van der Waals surface area contributed by atoms with Gasteiger partial charge in [0.25, 0.3) is 0 Å². The van der Waals surface area contributed by atoms with E-state index in [9.17, 15) is 8.42 Å². The van der Waals surface area contributed by atoms with Crippen LogP contribution in [-0.4, -0.2) is 39.0 Å². The van der Waals surface area contributed by atoms with E-state index >= 15 is 0 Å². The van der Waals surface area contributed by atoms with Gasteiger partial charge in [0.1, 0.15) is 9.84 Å². The molecule has 1 fully saturated rings. The highest BCUT2D eigenvalue weighted by Gasteiger charge is 2.21. The van der Waals surface area contributed by atoms with Crippen molar-refractivity contribution in [1.82, 2.24) is 10.7 Å². The zero-order valence-electron chi connectivity index (χ0n) is 8.16. The van der Waals surface area contributed by atoms with Crippen molar-refractivity contribution in [2.75, 3.05) is 18.6 Å². The van der Waals surface area contributed by atoms with Crippen LogP contribution in [0.3, 0.4) is 0 Å². The molecule has 82 valence electrons. The van der Waals surface area contributed by atoms with Crippen LogP contribution >= 0.6 is 0 Å². The first-order valence-electron chi connectivity index (χ1n) is 4.46. The normalized spacial score (nSPS) is 18.0. The van der Waals surface area contributed by atoms with Crippen molar-refractivity contribution in [3.63, 3.8) is 0 Å². The number of guanidine groups is 1. The van der Waals surface area contributed by atoms with Crippen LogP contribution in [0.5, 0.6) is 0 Å². The van der Waals surface area contributed by atoms with Crippen molar-refractivity contribution in [1.29, 1.82) is 0 Å². The van der Waals surface area contributed by atoms with Crippen molar-refractivity contribution in [2.45, 2.75) is 18.9 Å². The summed E-state index contributed by atoms with van der Waals surface area (Å²) in [7, 11) is -2.94. The molecule has 0 unspecified atom stereocenters. The van der Waals surface area contributed by atoms with Crippen LogP contribution in [0.15, 0.2) is 4.99 Å². The number of hydrazine groups is 1. The summed E-state index contributed by atoms with van der Waals surface area (Å²) in [6.45, 7) is 0.234. The molecule has 1 aliphatic carbocycles. The lowest BCUT2D eigenvalue weighted by atomic mass is 10.7. The molecular weight excluding hydrogens is 204 g/mol. The standard InChI is InChI=1S/C7H16N4O2S/c1-14(12,13)5-4-9-7(11-8)10-6-2-3-6/h6H,2-5,8H2,1H3,(H2,9,10,11). The average molecular weight is 220 g/mol. The van der Waals surface area contributed by atoms with E-state index in [4.69, 9.17) is 5.84 Å². The lowest BCUT2D eigenvalue weighted by molar-refractivity contribution is 0.601. The maximum atomic E-state index is 10.8. The van der Waals surface area contributed by atoms with Crippen LogP contribution in [0.1, 0.15) is 12.8 Å². The maximum Gasteiger partial charge on any atom is 0.205 e. The van der Waals surface area contributed by atoms with E-state index in [0.717, 1.165) is 12.8 Å². The van der Waals surface area contributed by atoms with Crippen LogP contribution in [0.4, 0.5) is 0 Å². The zero-order chi connectivity index (χ0) is 10.6. The number of nitrogens with one attached hydrogen (secondary N) is 2. The Bertz CT molecular complexity index is 308. The molecule has 1 aliphatic rings. The van der Waals surface area contributed by atoms with Gasteiger partial charge in [-0.3, -0.25) is 10.4 Å². The van der Waals surface area contributed by atoms with Gasteiger partial charge in [-0.25, -0.2) is 14.3 Å². The van der Waals surface area contributed by atoms with Gasteiger partial charge in [-0.1, -0.05) is 0 Å². The second-order valence-electron chi connectivity index (χ2n) is 3.42. The van der Waals surface area contributed by atoms with Crippen molar-refractivity contribution >= 4 is 15.8 Å². The molecule has 1 rings (SSSR count). The molecule has 14 heavy (non-hydrogen) atoms. The van der Waals surface area contributed by atoms with E-state index < -0.39 is 9.84 Å². The average Bonchev–Trinajstić information content (AvgIpc) is 2.84. The quantitative estimate of drug-likeness (QED) is 0.234. The Kier molecular flexibility index (Phi) is 3.70. The molecule has 0 aromatic carbocycles. The van der Waals surface area contributed by atoms with Gasteiger partial charge in [0.15, 0.2) is 0 Å². The molecule has 0 aromatic heterocycles. The first kappa shape index (κ1) is 11.3. The summed E-state index contributed by atoms with van der Waals surface area (Å²) < 4.78 is 21.6. The Hall–Kier alpha value is -0.820. The summed E-state index contributed by atoms with van der Waals surface area (Å²) >= 11 is 0. The summed E-state index contributed by atoms with van der Waals surface area (Å²) in [6, 6.07) is 0.447. The zero-order valence-corrected chi connectivity index (χ0v) is 8.97. The summed E-state index contributed by atoms with van der Waals surface area (Å²) in [5.74, 6) is 5.72. The Balaban J connectivity index is 2.31. The predicted octanol–water partition coefficient (Wildman–Crippen LogP) is -1.40. The highest BCUT2D eigenvalue weighted by atomic mass is 32.2. The van der Waals surface area contributed by atoms with E-state index in [1.165, 1.54) is 6.26 Å². The number of sulfone groups is 1. The molecule has 7 heteroatoms. The SMILES string of the molecule is CS(=O)(=O)CCN=C(NN)NC1CC1. The van der Waals surface area contributed by atoms with Gasteiger partial charge in [-0.15, -0.1) is 0 Å². The third kappa shape index (κ3) is 5.03. The first-order valence-corrected chi connectivity index (χ1v) is 6.52. The second kappa shape index (κ2) is 4.61. The number of hydrogen-bond donors (Lipinski definition) is 3. The van der Waals surface area contributed by atoms with Gasteiger partial charge < -0.3 is 5.32 Å². The van der Waals surface area contributed by atoms with E-state index in [1.807, 2.05) is 0 Å². The fourth-order valence-electron chi connectivity index (χ4n) is 0.877. The largest absolute Gasteiger partial charge is 0.353 e. The van der Waals surface area contributed by atoms with Crippen LogP contribution < -0.4 is 16.6 Å². The van der Waals surface area contributed by atoms with Gasteiger partial charge in [0.05, 0.1) is 12.3 Å². The van der Waals surface area contributed by atoms with Gasteiger partial charge in [-0.05, 0) is 12.8 Å². The van der Waals surface area contributed by atoms with Gasteiger partial charge >= 0.3 is 0 Å². The van der Waals surface area contributed by atoms with Gasteiger partial charge in [0.2, 0.25) is 5.96 Å². The van der Waals surface area contributed by atoms with Crippen molar-refractivity contribution < 1.29 is 8.42 Å². The molecule has 0 aliphatic heterocycles. The van der Waals surface area contributed by atoms with Crippen molar-refractivity contribution in [3.05, 3.63) is 0 Å². The summed E-state index contributed by atoms with van der Waals surface area (Å²) in [4.78, 5) is 4.00. The summed E-state index contributed by atoms with van der Waals surface area (Å²) in [5, 5.41) is 3.05. The molecule has 0 bridgehead atoms. The number of rotatable bonds is 4. The fourth-order valence-corrected chi connectivity index (χ4v) is 1.30. The lowest BCUT2D eigenvalue weighted by Gasteiger charge is -2.06. The molecule has 0 amide bonds. The maximum absolute atomic E-state index is 10.8. The van der Waals surface area contributed by atoms with Crippen molar-refractivity contribution in [3.8, 4) is 0 Å². The minimum absolute atomic E-state index is 0.0462. The predicted molar refractivity (Wildman–Crippen MR) is 55.5 cm³/mol. The number of nitrogens with two attached hydrogens (primary N) is 1. The summed E-state index contributed by atoms with van der Waals surface area (Å²) in [6.07, 6.45) is 3.42. The molecular formula is C7H16N4O2S. The fraction of sp³-hybridized carbons (Fsp3) is 0.857. The van der Waals surface area contributed by atoms with E-state index in [1.54, 1.807) is 0 Å². The van der Waals surface area contributed by atoms with Crippen LogP contribution in [0.2, 0.25) is 0 Å². The van der Waals surface area contributed by atoms with Gasteiger partial charge in [0, 0.05) is 12.3 Å². The Morgan fingerprint density at radius 3 is 2.64 bits per heavy atom. The highest BCUT2D eigenvalue weighted by molar-refractivity contribution is 7.90. The van der Waals surface area contributed by atoms with Crippen LogP contribution in [0.25, 0.3) is 0 Å². The van der Waals surface area contributed by atoms with Crippen molar-refractivity contribution in [2.24, 2.45) is 10.8 Å². The molecule has 4 N–H and O–H groups in total. The monoisotopic (exact) mass is 220 g/mol. The van der Waals surface area contributed by atoms with E-state index in [0.29, 0.717) is 12.0 Å². The second-order valence-corrected chi connectivity index (χ2v) is 5.68. The molecule has 0 aromatic rings. The Labute approximate surface area is 83.9 Å². The van der Waals surface area contributed by atoms with Crippen LogP contribution in [-0.2, 0) is 9.84 Å². The van der Waals surface area contributed by atoms with Gasteiger partial charge in [-0.2, -0.15) is 0 Å². The molecule has 0 heterocycles. The van der Waals surface area contributed by atoms with Crippen LogP contribution in [0, 0.1) is 0 Å². The smallest absolute Gasteiger partial charge is 0.205 e. The highest BCUT2D eigenvalue weighted by Crippen LogP contribution is 2.18. The summed E-state index contributed by atoms with van der Waals surface area (Å²) in [5.41, 5.74) is 2.40. The Morgan fingerprint density at radius 2 is 2.21 bits per heavy atom. The first-order chi connectivity index (χ1) is 6.51. The number of hydrogen-bond acceptors (Lipinski definition) is 4. The Morgan fingerprint density at radius 1 is 1.57 bits per heavy atom. The van der Waals surface area contributed by atoms with E-state index in [2.05, 4.69) is 15.7 Å². The topological polar surface area (TPSA) is 96.6 Å². The minimum Gasteiger partial charge on any atom is -0.353 e. The molecule has 0 radical (unpaired) electrons. The molecule has 0 saturated heterocycles. The lowest BCUT2D eigenvalue weighted by Crippen LogP contribution is -2.42.